The Kier molecular flexibility index (Phi) is 5.02. The molecule has 2 aliphatic carbocycles. The summed E-state index contributed by atoms with van der Waals surface area (Å²) >= 11 is 0. The summed E-state index contributed by atoms with van der Waals surface area (Å²) in [4.78, 5) is 11.9. The fraction of sp³-hybridized carbons (Fsp3) is 0.650. The van der Waals surface area contributed by atoms with Crippen molar-refractivity contribution in [1.82, 2.24) is 5.32 Å². The average Bonchev–Trinajstić information content (AvgIpc) is 2.97. The molecule has 0 heterocycles. The van der Waals surface area contributed by atoms with E-state index in [2.05, 4.69) is 28.8 Å². The third-order valence-electron chi connectivity index (χ3n) is 4.95. The van der Waals surface area contributed by atoms with Gasteiger partial charge in [-0.25, -0.2) is 4.79 Å². The first kappa shape index (κ1) is 17.1. The molecule has 0 unspecified atom stereocenters. The number of rotatable bonds is 3. The lowest BCUT2D eigenvalue weighted by atomic mass is 9.91. The van der Waals surface area contributed by atoms with Crippen molar-refractivity contribution < 1.29 is 9.53 Å². The van der Waals surface area contributed by atoms with Crippen molar-refractivity contribution in [2.75, 3.05) is 5.32 Å². The lowest BCUT2D eigenvalue weighted by Gasteiger charge is -2.31. The van der Waals surface area contributed by atoms with E-state index < -0.39 is 5.60 Å². The summed E-state index contributed by atoms with van der Waals surface area (Å²) in [6.07, 6.45) is 7.60. The zero-order valence-corrected chi connectivity index (χ0v) is 15.2. The Morgan fingerprint density at radius 2 is 1.79 bits per heavy atom. The Morgan fingerprint density at radius 1 is 1.08 bits per heavy atom. The van der Waals surface area contributed by atoms with Gasteiger partial charge in [0.25, 0.3) is 0 Å². The number of alkyl carbamates (subject to hydrolysis) is 1. The number of anilines is 1. The summed E-state index contributed by atoms with van der Waals surface area (Å²) in [6.45, 7) is 5.68. The zero-order chi connectivity index (χ0) is 17.2. The van der Waals surface area contributed by atoms with E-state index in [-0.39, 0.29) is 12.1 Å². The molecule has 1 saturated carbocycles. The van der Waals surface area contributed by atoms with Gasteiger partial charge in [-0.1, -0.05) is 12.1 Å². The van der Waals surface area contributed by atoms with Gasteiger partial charge in [0, 0.05) is 17.8 Å². The second-order valence-electron chi connectivity index (χ2n) is 8.14. The molecule has 0 saturated heterocycles. The first-order chi connectivity index (χ1) is 11.4. The summed E-state index contributed by atoms with van der Waals surface area (Å²) in [5, 5.41) is 6.76. The average molecular weight is 330 g/mol. The maximum Gasteiger partial charge on any atom is 0.407 e. The number of aryl methyl sites for hydroxylation is 1. The van der Waals surface area contributed by atoms with Crippen LogP contribution in [0.5, 0.6) is 0 Å². The van der Waals surface area contributed by atoms with E-state index in [4.69, 9.17) is 4.74 Å². The molecular weight excluding hydrogens is 300 g/mol. The summed E-state index contributed by atoms with van der Waals surface area (Å²) < 4.78 is 5.35. The molecule has 1 amide bonds. The highest BCUT2D eigenvalue weighted by Gasteiger charge is 2.25. The van der Waals surface area contributed by atoms with Crippen molar-refractivity contribution in [3.8, 4) is 0 Å². The maximum absolute atomic E-state index is 11.9. The van der Waals surface area contributed by atoms with Crippen molar-refractivity contribution in [3.63, 3.8) is 0 Å². The van der Waals surface area contributed by atoms with Crippen molar-refractivity contribution in [1.29, 1.82) is 0 Å². The number of ether oxygens (including phenoxy) is 1. The predicted octanol–water partition coefficient (Wildman–Crippen LogP) is 4.42. The van der Waals surface area contributed by atoms with Crippen LogP contribution in [0.2, 0.25) is 0 Å². The molecule has 1 aromatic carbocycles. The monoisotopic (exact) mass is 330 g/mol. The topological polar surface area (TPSA) is 50.4 Å². The predicted molar refractivity (Wildman–Crippen MR) is 97.5 cm³/mol. The Bertz CT molecular complexity index is 584. The molecule has 4 heteroatoms. The number of carbonyl (C=O) groups is 1. The number of amides is 1. The van der Waals surface area contributed by atoms with Gasteiger partial charge < -0.3 is 15.4 Å². The standard InChI is InChI=1S/C20H30N2O2/c1-20(2,3)24-19(23)22-16-12-10-15(11-13-16)21-18-9-5-7-14-6-4-8-17(14)18/h5,7,9,15-16,21H,4,6,8,10-13H2,1-3H3,(H,22,23). The van der Waals surface area contributed by atoms with Crippen LogP contribution in [0.3, 0.4) is 0 Å². The van der Waals surface area contributed by atoms with Gasteiger partial charge in [-0.3, -0.25) is 0 Å². The molecule has 2 aliphatic rings. The number of fused-ring (bicyclic) bond motifs is 1. The first-order valence-electron chi connectivity index (χ1n) is 9.27. The van der Waals surface area contributed by atoms with Crippen LogP contribution < -0.4 is 10.6 Å². The van der Waals surface area contributed by atoms with Gasteiger partial charge in [0.05, 0.1) is 0 Å². The van der Waals surface area contributed by atoms with E-state index >= 15 is 0 Å². The van der Waals surface area contributed by atoms with E-state index in [1.807, 2.05) is 20.8 Å². The Hall–Kier alpha value is -1.71. The van der Waals surface area contributed by atoms with Crippen LogP contribution in [0.25, 0.3) is 0 Å². The van der Waals surface area contributed by atoms with E-state index in [9.17, 15) is 4.79 Å². The van der Waals surface area contributed by atoms with Crippen LogP contribution in [0.15, 0.2) is 18.2 Å². The van der Waals surface area contributed by atoms with Crippen molar-refractivity contribution in [3.05, 3.63) is 29.3 Å². The van der Waals surface area contributed by atoms with Gasteiger partial charge in [-0.2, -0.15) is 0 Å². The van der Waals surface area contributed by atoms with E-state index in [0.717, 1.165) is 25.7 Å². The highest BCUT2D eigenvalue weighted by atomic mass is 16.6. The summed E-state index contributed by atoms with van der Waals surface area (Å²) in [5.74, 6) is 0. The summed E-state index contributed by atoms with van der Waals surface area (Å²) in [6, 6.07) is 7.39. The molecule has 2 N–H and O–H groups in total. The Morgan fingerprint density at radius 3 is 2.50 bits per heavy atom. The molecule has 1 aromatic rings. The van der Waals surface area contributed by atoms with Gasteiger partial charge in [-0.15, -0.1) is 0 Å². The number of nitrogens with one attached hydrogen (secondary N) is 2. The molecule has 0 spiro atoms. The van der Waals surface area contributed by atoms with E-state index in [1.54, 1.807) is 0 Å². The molecule has 24 heavy (non-hydrogen) atoms. The normalized spacial score (nSPS) is 23.5. The van der Waals surface area contributed by atoms with Gasteiger partial charge >= 0.3 is 6.09 Å². The number of hydrogen-bond acceptors (Lipinski definition) is 3. The number of carbonyl (C=O) groups excluding carboxylic acids is 1. The maximum atomic E-state index is 11.9. The summed E-state index contributed by atoms with van der Waals surface area (Å²) in [5.41, 5.74) is 3.93. The Labute approximate surface area is 145 Å². The van der Waals surface area contributed by atoms with Crippen LogP contribution in [0.1, 0.15) is 64.0 Å². The molecular formula is C20H30N2O2. The molecule has 0 radical (unpaired) electrons. The minimum absolute atomic E-state index is 0.236. The van der Waals surface area contributed by atoms with Crippen molar-refractivity contribution in [2.24, 2.45) is 0 Å². The molecule has 1 fully saturated rings. The Balaban J connectivity index is 1.48. The molecule has 0 atom stereocenters. The van der Waals surface area contributed by atoms with Crippen molar-refractivity contribution in [2.45, 2.75) is 83.4 Å². The molecule has 0 bridgehead atoms. The first-order valence-corrected chi connectivity index (χ1v) is 9.27. The lowest BCUT2D eigenvalue weighted by Crippen LogP contribution is -2.42. The van der Waals surface area contributed by atoms with Gasteiger partial charge in [0.15, 0.2) is 0 Å². The SMILES string of the molecule is CC(C)(C)OC(=O)NC1CCC(Nc2cccc3c2CCC3)CC1. The van der Waals surface area contributed by atoms with Gasteiger partial charge in [0.2, 0.25) is 0 Å². The van der Waals surface area contributed by atoms with Crippen LogP contribution in [-0.4, -0.2) is 23.8 Å². The smallest absolute Gasteiger partial charge is 0.407 e. The summed E-state index contributed by atoms with van der Waals surface area (Å²) in [7, 11) is 0. The molecule has 132 valence electrons. The van der Waals surface area contributed by atoms with Crippen LogP contribution in [0, 0.1) is 0 Å². The lowest BCUT2D eigenvalue weighted by molar-refractivity contribution is 0.0492. The largest absolute Gasteiger partial charge is 0.444 e. The number of benzene rings is 1. The number of hydrogen-bond donors (Lipinski definition) is 2. The highest BCUT2D eigenvalue weighted by Crippen LogP contribution is 2.31. The fourth-order valence-corrected chi connectivity index (χ4v) is 3.83. The second kappa shape index (κ2) is 7.04. The molecule has 0 aromatic heterocycles. The van der Waals surface area contributed by atoms with E-state index in [0.29, 0.717) is 6.04 Å². The third kappa shape index (κ3) is 4.43. The fourth-order valence-electron chi connectivity index (χ4n) is 3.83. The minimum Gasteiger partial charge on any atom is -0.444 e. The molecule has 4 nitrogen and oxygen atoms in total. The second-order valence-corrected chi connectivity index (χ2v) is 8.14. The molecule has 3 rings (SSSR count). The third-order valence-corrected chi connectivity index (χ3v) is 4.95. The highest BCUT2D eigenvalue weighted by molar-refractivity contribution is 5.68. The zero-order valence-electron chi connectivity index (χ0n) is 15.2. The molecule has 0 aliphatic heterocycles. The van der Waals surface area contributed by atoms with Gasteiger partial charge in [-0.05, 0) is 82.9 Å². The van der Waals surface area contributed by atoms with Crippen LogP contribution >= 0.6 is 0 Å². The van der Waals surface area contributed by atoms with Gasteiger partial charge in [0.1, 0.15) is 5.60 Å². The van der Waals surface area contributed by atoms with Crippen LogP contribution in [0.4, 0.5) is 10.5 Å². The van der Waals surface area contributed by atoms with E-state index in [1.165, 1.54) is 36.1 Å². The van der Waals surface area contributed by atoms with Crippen LogP contribution in [-0.2, 0) is 17.6 Å². The quantitative estimate of drug-likeness (QED) is 0.862. The minimum atomic E-state index is -0.434. The van der Waals surface area contributed by atoms with Crippen molar-refractivity contribution >= 4 is 11.8 Å².